The molecule has 0 aromatic heterocycles. The van der Waals surface area contributed by atoms with E-state index >= 15 is 0 Å². The minimum absolute atomic E-state index is 0.240. The minimum atomic E-state index is 0.240. The zero-order chi connectivity index (χ0) is 13.8. The van der Waals surface area contributed by atoms with Crippen molar-refractivity contribution >= 4 is 0 Å². The molecule has 0 spiro atoms. The molecule has 3 atom stereocenters. The van der Waals surface area contributed by atoms with Gasteiger partial charge in [-0.2, -0.15) is 0 Å². The van der Waals surface area contributed by atoms with E-state index in [1.165, 1.54) is 32.4 Å². The first-order valence-corrected chi connectivity index (χ1v) is 7.82. The average molecular weight is 254 g/mol. The monoisotopic (exact) mass is 254 g/mol. The van der Waals surface area contributed by atoms with Gasteiger partial charge in [-0.1, -0.05) is 20.3 Å². The highest BCUT2D eigenvalue weighted by molar-refractivity contribution is 4.83. The molecule has 0 saturated carbocycles. The molecule has 2 nitrogen and oxygen atoms in total. The van der Waals surface area contributed by atoms with Crippen LogP contribution in [0.25, 0.3) is 0 Å². The van der Waals surface area contributed by atoms with Gasteiger partial charge in [0.1, 0.15) is 0 Å². The van der Waals surface area contributed by atoms with Crippen molar-refractivity contribution in [1.82, 2.24) is 10.2 Å². The number of hydrogen-bond acceptors (Lipinski definition) is 2. The van der Waals surface area contributed by atoms with E-state index < -0.39 is 0 Å². The molecule has 0 aromatic rings. The molecule has 1 rings (SSSR count). The zero-order valence-corrected chi connectivity index (χ0v) is 13.4. The van der Waals surface area contributed by atoms with Crippen LogP contribution >= 0.6 is 0 Å². The number of nitrogens with zero attached hydrogens (tertiary/aromatic N) is 1. The Bertz CT molecular complexity index is 232. The van der Waals surface area contributed by atoms with Gasteiger partial charge in [0.2, 0.25) is 0 Å². The first kappa shape index (κ1) is 16.0. The minimum Gasteiger partial charge on any atom is -0.312 e. The van der Waals surface area contributed by atoms with Crippen LogP contribution in [-0.2, 0) is 0 Å². The summed E-state index contributed by atoms with van der Waals surface area (Å²) in [6.45, 7) is 17.6. The fraction of sp³-hybridized carbons (Fsp3) is 1.00. The standard InChI is InChI=1S/C16H34N2/c1-7-8-15-9-10-18(12-15)14(3)13(2)11-17-16(4,5)6/h13-15,17H,7-12H2,1-6H3. The lowest BCUT2D eigenvalue weighted by atomic mass is 9.99. The Labute approximate surface area is 115 Å². The number of nitrogens with one attached hydrogen (secondary N) is 1. The first-order valence-electron chi connectivity index (χ1n) is 7.82. The highest BCUT2D eigenvalue weighted by Gasteiger charge is 2.28. The van der Waals surface area contributed by atoms with E-state index in [4.69, 9.17) is 0 Å². The highest BCUT2D eigenvalue weighted by atomic mass is 15.2. The number of hydrogen-bond donors (Lipinski definition) is 1. The maximum absolute atomic E-state index is 3.64. The largest absolute Gasteiger partial charge is 0.312 e. The third-order valence-electron chi connectivity index (χ3n) is 4.37. The third kappa shape index (κ3) is 5.27. The van der Waals surface area contributed by atoms with E-state index in [0.29, 0.717) is 6.04 Å². The van der Waals surface area contributed by atoms with Crippen molar-refractivity contribution in [3.63, 3.8) is 0 Å². The SMILES string of the molecule is CCCC1CCN(C(C)C(C)CNC(C)(C)C)C1. The fourth-order valence-corrected chi connectivity index (χ4v) is 2.87. The summed E-state index contributed by atoms with van der Waals surface area (Å²) in [5.41, 5.74) is 0.240. The average Bonchev–Trinajstić information content (AvgIpc) is 2.73. The van der Waals surface area contributed by atoms with E-state index in [1.54, 1.807) is 0 Å². The Kier molecular flexibility index (Phi) is 6.13. The van der Waals surface area contributed by atoms with Gasteiger partial charge in [0, 0.05) is 18.1 Å². The molecule has 0 amide bonds. The molecule has 0 bridgehead atoms. The van der Waals surface area contributed by atoms with Gasteiger partial charge in [-0.15, -0.1) is 0 Å². The van der Waals surface area contributed by atoms with E-state index in [0.717, 1.165) is 18.4 Å². The van der Waals surface area contributed by atoms with Gasteiger partial charge >= 0.3 is 0 Å². The summed E-state index contributed by atoms with van der Waals surface area (Å²) >= 11 is 0. The van der Waals surface area contributed by atoms with Crippen molar-refractivity contribution < 1.29 is 0 Å². The van der Waals surface area contributed by atoms with Crippen LogP contribution in [0.5, 0.6) is 0 Å². The van der Waals surface area contributed by atoms with E-state index in [1.807, 2.05) is 0 Å². The summed E-state index contributed by atoms with van der Waals surface area (Å²) in [5.74, 6) is 1.69. The van der Waals surface area contributed by atoms with Crippen LogP contribution in [0.2, 0.25) is 0 Å². The van der Waals surface area contributed by atoms with Crippen molar-refractivity contribution in [2.24, 2.45) is 11.8 Å². The van der Waals surface area contributed by atoms with E-state index in [9.17, 15) is 0 Å². The first-order chi connectivity index (χ1) is 8.33. The van der Waals surface area contributed by atoms with E-state index in [2.05, 4.69) is 51.8 Å². The van der Waals surface area contributed by atoms with Gasteiger partial charge in [0.25, 0.3) is 0 Å². The van der Waals surface area contributed by atoms with Gasteiger partial charge in [0.15, 0.2) is 0 Å². The molecular formula is C16H34N2. The molecule has 0 aliphatic carbocycles. The predicted octanol–water partition coefficient (Wildman–Crippen LogP) is 3.52. The molecular weight excluding hydrogens is 220 g/mol. The van der Waals surface area contributed by atoms with Gasteiger partial charge in [-0.25, -0.2) is 0 Å². The molecule has 1 saturated heterocycles. The smallest absolute Gasteiger partial charge is 0.0105 e. The molecule has 3 unspecified atom stereocenters. The van der Waals surface area contributed by atoms with Crippen LogP contribution < -0.4 is 5.32 Å². The molecule has 1 fully saturated rings. The van der Waals surface area contributed by atoms with Gasteiger partial charge < -0.3 is 10.2 Å². The molecule has 1 N–H and O–H groups in total. The number of rotatable bonds is 6. The molecule has 1 aliphatic heterocycles. The molecule has 1 heterocycles. The van der Waals surface area contributed by atoms with Gasteiger partial charge in [0.05, 0.1) is 0 Å². The van der Waals surface area contributed by atoms with Gasteiger partial charge in [-0.3, -0.25) is 0 Å². The molecule has 108 valence electrons. The Balaban J connectivity index is 2.33. The van der Waals surface area contributed by atoms with E-state index in [-0.39, 0.29) is 5.54 Å². The topological polar surface area (TPSA) is 15.3 Å². The third-order valence-corrected chi connectivity index (χ3v) is 4.37. The lowest BCUT2D eigenvalue weighted by Crippen LogP contribution is -2.44. The summed E-state index contributed by atoms with van der Waals surface area (Å²) in [6.07, 6.45) is 4.17. The van der Waals surface area contributed by atoms with Gasteiger partial charge in [-0.05, 0) is 65.5 Å². The van der Waals surface area contributed by atoms with Crippen molar-refractivity contribution in [3.05, 3.63) is 0 Å². The van der Waals surface area contributed by atoms with Crippen molar-refractivity contribution in [1.29, 1.82) is 0 Å². The Morgan fingerprint density at radius 2 is 1.94 bits per heavy atom. The van der Waals surface area contributed by atoms with Crippen LogP contribution in [0.3, 0.4) is 0 Å². The lowest BCUT2D eigenvalue weighted by molar-refractivity contribution is 0.181. The van der Waals surface area contributed by atoms with Crippen LogP contribution in [0.15, 0.2) is 0 Å². The second-order valence-corrected chi connectivity index (χ2v) is 7.29. The number of likely N-dealkylation sites (tertiary alicyclic amines) is 1. The second-order valence-electron chi connectivity index (χ2n) is 7.29. The maximum atomic E-state index is 3.64. The molecule has 0 radical (unpaired) electrons. The van der Waals surface area contributed by atoms with Crippen LogP contribution in [0.1, 0.15) is 60.8 Å². The lowest BCUT2D eigenvalue weighted by Gasteiger charge is -2.32. The Morgan fingerprint density at radius 1 is 1.28 bits per heavy atom. The summed E-state index contributed by atoms with van der Waals surface area (Å²) < 4.78 is 0. The van der Waals surface area contributed by atoms with Crippen molar-refractivity contribution in [2.75, 3.05) is 19.6 Å². The maximum Gasteiger partial charge on any atom is 0.0105 e. The fourth-order valence-electron chi connectivity index (χ4n) is 2.87. The summed E-state index contributed by atoms with van der Waals surface area (Å²) in [7, 11) is 0. The summed E-state index contributed by atoms with van der Waals surface area (Å²) in [5, 5.41) is 3.64. The summed E-state index contributed by atoms with van der Waals surface area (Å²) in [6, 6.07) is 0.710. The van der Waals surface area contributed by atoms with Crippen molar-refractivity contribution in [3.8, 4) is 0 Å². The predicted molar refractivity (Wildman–Crippen MR) is 81.0 cm³/mol. The zero-order valence-electron chi connectivity index (χ0n) is 13.4. The van der Waals surface area contributed by atoms with Crippen LogP contribution in [0, 0.1) is 11.8 Å². The summed E-state index contributed by atoms with van der Waals surface area (Å²) in [4.78, 5) is 2.70. The Morgan fingerprint density at radius 3 is 2.50 bits per heavy atom. The van der Waals surface area contributed by atoms with Crippen molar-refractivity contribution in [2.45, 2.75) is 72.4 Å². The van der Waals surface area contributed by atoms with Crippen LogP contribution in [-0.4, -0.2) is 36.1 Å². The second kappa shape index (κ2) is 6.91. The van der Waals surface area contributed by atoms with Crippen LogP contribution in [0.4, 0.5) is 0 Å². The molecule has 0 aromatic carbocycles. The highest BCUT2D eigenvalue weighted by Crippen LogP contribution is 2.25. The molecule has 1 aliphatic rings. The normalized spacial score (nSPS) is 25.3. The quantitative estimate of drug-likeness (QED) is 0.780. The molecule has 18 heavy (non-hydrogen) atoms. The molecule has 2 heteroatoms. The Hall–Kier alpha value is -0.0800.